The number of rotatable bonds is 4. The van der Waals surface area contributed by atoms with Gasteiger partial charge in [0.05, 0.1) is 11.3 Å². The summed E-state index contributed by atoms with van der Waals surface area (Å²) in [6.45, 7) is 5.19. The number of likely N-dealkylation sites (tertiary alicyclic amines) is 1. The standard InChI is InChI=1S/C24H25FN2O3/c1-15-5-6-18(12-16(15)2)21-22(26-11-3-4-17(13-26)14-28)24(30)27(23(21)29)20-9-7-19(25)8-10-20/h5-10,12,17,28H,3-4,11,13-14H2,1-2H3. The number of aliphatic hydroxyl groups is 1. The molecular formula is C24H25FN2O3. The number of amides is 2. The third-order valence-electron chi connectivity index (χ3n) is 6.03. The van der Waals surface area contributed by atoms with E-state index in [2.05, 4.69) is 0 Å². The van der Waals surface area contributed by atoms with E-state index in [4.69, 9.17) is 0 Å². The summed E-state index contributed by atoms with van der Waals surface area (Å²) in [6, 6.07) is 11.1. The predicted molar refractivity (Wildman–Crippen MR) is 113 cm³/mol. The number of carbonyl (C=O) groups is 2. The van der Waals surface area contributed by atoms with E-state index in [-0.39, 0.29) is 12.5 Å². The fourth-order valence-corrected chi connectivity index (χ4v) is 4.21. The van der Waals surface area contributed by atoms with Gasteiger partial charge in [-0.05, 0) is 73.6 Å². The zero-order valence-corrected chi connectivity index (χ0v) is 17.2. The summed E-state index contributed by atoms with van der Waals surface area (Å²) in [5.41, 5.74) is 3.91. The van der Waals surface area contributed by atoms with Crippen LogP contribution in [0.3, 0.4) is 0 Å². The highest BCUT2D eigenvalue weighted by molar-refractivity contribution is 6.45. The van der Waals surface area contributed by atoms with Crippen LogP contribution in [0, 0.1) is 25.6 Å². The molecule has 2 aliphatic rings. The van der Waals surface area contributed by atoms with Crippen molar-refractivity contribution in [1.29, 1.82) is 0 Å². The minimum Gasteiger partial charge on any atom is -0.396 e. The fraction of sp³-hybridized carbons (Fsp3) is 0.333. The molecule has 6 heteroatoms. The van der Waals surface area contributed by atoms with Gasteiger partial charge in [-0.3, -0.25) is 9.59 Å². The molecule has 4 rings (SSSR count). The average molecular weight is 408 g/mol. The van der Waals surface area contributed by atoms with Gasteiger partial charge in [-0.25, -0.2) is 9.29 Å². The molecule has 0 aliphatic carbocycles. The Morgan fingerprint density at radius 1 is 1.03 bits per heavy atom. The number of anilines is 1. The Labute approximate surface area is 175 Å². The van der Waals surface area contributed by atoms with Gasteiger partial charge in [-0.1, -0.05) is 18.2 Å². The number of benzene rings is 2. The molecule has 0 spiro atoms. The van der Waals surface area contributed by atoms with Crippen molar-refractivity contribution in [2.45, 2.75) is 26.7 Å². The molecule has 0 saturated carbocycles. The van der Waals surface area contributed by atoms with Gasteiger partial charge in [0.1, 0.15) is 11.5 Å². The molecule has 156 valence electrons. The Morgan fingerprint density at radius 3 is 2.43 bits per heavy atom. The Balaban J connectivity index is 1.83. The predicted octanol–water partition coefficient (Wildman–Crippen LogP) is 3.43. The Bertz CT molecular complexity index is 1030. The van der Waals surface area contributed by atoms with Gasteiger partial charge >= 0.3 is 0 Å². The average Bonchev–Trinajstić information content (AvgIpc) is 3.01. The highest BCUT2D eigenvalue weighted by atomic mass is 19.1. The molecule has 0 bridgehead atoms. The van der Waals surface area contributed by atoms with Crippen molar-refractivity contribution in [3.05, 3.63) is 70.7 Å². The molecule has 1 N–H and O–H groups in total. The Kier molecular flexibility index (Phi) is 5.43. The zero-order chi connectivity index (χ0) is 21.4. The summed E-state index contributed by atoms with van der Waals surface area (Å²) in [5, 5.41) is 9.63. The van der Waals surface area contributed by atoms with Gasteiger partial charge in [-0.2, -0.15) is 0 Å². The summed E-state index contributed by atoms with van der Waals surface area (Å²) in [5.74, 6) is -1.17. The normalized spacial score (nSPS) is 19.8. The van der Waals surface area contributed by atoms with Gasteiger partial charge in [0.15, 0.2) is 0 Å². The molecule has 2 aromatic carbocycles. The third-order valence-corrected chi connectivity index (χ3v) is 6.03. The number of aryl methyl sites for hydroxylation is 2. The molecule has 2 aromatic rings. The van der Waals surface area contributed by atoms with Crippen molar-refractivity contribution < 1.29 is 19.1 Å². The van der Waals surface area contributed by atoms with Crippen LogP contribution in [0.15, 0.2) is 48.2 Å². The van der Waals surface area contributed by atoms with Gasteiger partial charge in [0.25, 0.3) is 11.8 Å². The molecular weight excluding hydrogens is 383 g/mol. The Hall–Kier alpha value is -2.99. The lowest BCUT2D eigenvalue weighted by atomic mass is 9.96. The molecule has 5 nitrogen and oxygen atoms in total. The maximum atomic E-state index is 13.5. The molecule has 1 fully saturated rings. The van der Waals surface area contributed by atoms with Crippen molar-refractivity contribution in [2.75, 3.05) is 24.6 Å². The van der Waals surface area contributed by atoms with Crippen LogP contribution in [-0.2, 0) is 9.59 Å². The van der Waals surface area contributed by atoms with Crippen LogP contribution in [0.4, 0.5) is 10.1 Å². The first-order valence-electron chi connectivity index (χ1n) is 10.2. The minimum absolute atomic E-state index is 0.0482. The van der Waals surface area contributed by atoms with Crippen molar-refractivity contribution in [3.63, 3.8) is 0 Å². The molecule has 2 aliphatic heterocycles. The van der Waals surface area contributed by atoms with Crippen LogP contribution in [0.5, 0.6) is 0 Å². The van der Waals surface area contributed by atoms with Crippen molar-refractivity contribution in [2.24, 2.45) is 5.92 Å². The van der Waals surface area contributed by atoms with Gasteiger partial charge in [0, 0.05) is 19.7 Å². The van der Waals surface area contributed by atoms with Crippen LogP contribution < -0.4 is 4.90 Å². The van der Waals surface area contributed by atoms with Gasteiger partial charge in [0.2, 0.25) is 0 Å². The summed E-state index contributed by atoms with van der Waals surface area (Å²) < 4.78 is 13.4. The van der Waals surface area contributed by atoms with Crippen molar-refractivity contribution in [1.82, 2.24) is 4.90 Å². The van der Waals surface area contributed by atoms with Crippen LogP contribution in [0.1, 0.15) is 29.5 Å². The second-order valence-electron chi connectivity index (χ2n) is 8.08. The lowest BCUT2D eigenvalue weighted by molar-refractivity contribution is -0.120. The van der Waals surface area contributed by atoms with E-state index in [1.165, 1.54) is 24.3 Å². The number of hydrogen-bond donors (Lipinski definition) is 1. The third kappa shape index (κ3) is 3.52. The topological polar surface area (TPSA) is 60.9 Å². The number of imide groups is 1. The van der Waals surface area contributed by atoms with E-state index in [0.717, 1.165) is 28.9 Å². The molecule has 2 amide bonds. The highest BCUT2D eigenvalue weighted by Crippen LogP contribution is 2.37. The number of halogens is 1. The lowest BCUT2D eigenvalue weighted by Crippen LogP contribution is -2.40. The maximum absolute atomic E-state index is 13.5. The van der Waals surface area contributed by atoms with Crippen LogP contribution in [0.2, 0.25) is 0 Å². The number of hydrogen-bond acceptors (Lipinski definition) is 4. The maximum Gasteiger partial charge on any atom is 0.282 e. The van der Waals surface area contributed by atoms with E-state index >= 15 is 0 Å². The first kappa shape index (κ1) is 20.3. The second kappa shape index (κ2) is 8.03. The number of nitrogens with zero attached hydrogens (tertiary/aromatic N) is 2. The largest absolute Gasteiger partial charge is 0.396 e. The molecule has 1 saturated heterocycles. The van der Waals surface area contributed by atoms with E-state index in [1.54, 1.807) is 0 Å². The Morgan fingerprint density at radius 2 is 1.77 bits per heavy atom. The SMILES string of the molecule is Cc1ccc(C2=C(N3CCCC(CO)C3)C(=O)N(c3ccc(F)cc3)C2=O)cc1C. The lowest BCUT2D eigenvalue weighted by Gasteiger charge is -2.34. The molecule has 0 aromatic heterocycles. The fourth-order valence-electron chi connectivity index (χ4n) is 4.21. The van der Waals surface area contributed by atoms with Crippen LogP contribution >= 0.6 is 0 Å². The van der Waals surface area contributed by atoms with Crippen LogP contribution in [0.25, 0.3) is 5.57 Å². The van der Waals surface area contributed by atoms with Crippen molar-refractivity contribution >= 4 is 23.1 Å². The van der Waals surface area contributed by atoms with Gasteiger partial charge in [-0.15, -0.1) is 0 Å². The van der Waals surface area contributed by atoms with E-state index in [9.17, 15) is 19.1 Å². The van der Waals surface area contributed by atoms with E-state index < -0.39 is 17.6 Å². The molecule has 30 heavy (non-hydrogen) atoms. The number of aliphatic hydroxyl groups excluding tert-OH is 1. The smallest absolute Gasteiger partial charge is 0.282 e. The summed E-state index contributed by atoms with van der Waals surface area (Å²) >= 11 is 0. The van der Waals surface area contributed by atoms with Crippen molar-refractivity contribution in [3.8, 4) is 0 Å². The van der Waals surface area contributed by atoms with Crippen LogP contribution in [-0.4, -0.2) is 41.5 Å². The second-order valence-corrected chi connectivity index (χ2v) is 8.08. The number of piperidine rings is 1. The number of carbonyl (C=O) groups excluding carboxylic acids is 2. The summed E-state index contributed by atoms with van der Waals surface area (Å²) in [4.78, 5) is 30.0. The highest BCUT2D eigenvalue weighted by Gasteiger charge is 2.43. The first-order valence-corrected chi connectivity index (χ1v) is 10.2. The molecule has 1 unspecified atom stereocenters. The zero-order valence-electron chi connectivity index (χ0n) is 17.2. The molecule has 1 atom stereocenters. The first-order chi connectivity index (χ1) is 14.4. The molecule has 0 radical (unpaired) electrons. The summed E-state index contributed by atoms with van der Waals surface area (Å²) in [6.07, 6.45) is 1.73. The quantitative estimate of drug-likeness (QED) is 0.788. The summed E-state index contributed by atoms with van der Waals surface area (Å²) in [7, 11) is 0. The van der Waals surface area contributed by atoms with Gasteiger partial charge < -0.3 is 10.0 Å². The molecule has 2 heterocycles. The minimum atomic E-state index is -0.428. The van der Waals surface area contributed by atoms with E-state index in [0.29, 0.717) is 35.6 Å². The monoisotopic (exact) mass is 408 g/mol. The van der Waals surface area contributed by atoms with E-state index in [1.807, 2.05) is 36.9 Å².